The molecular weight excluding hydrogens is 288 g/mol. The summed E-state index contributed by atoms with van der Waals surface area (Å²) in [6.45, 7) is 9.38. The molecular formula is C15H24N2O3S. The highest BCUT2D eigenvalue weighted by Crippen LogP contribution is 2.12. The summed E-state index contributed by atoms with van der Waals surface area (Å²) in [5.74, 6) is -0.221. The fourth-order valence-electron chi connectivity index (χ4n) is 1.61. The van der Waals surface area contributed by atoms with Gasteiger partial charge in [0.05, 0.1) is 4.90 Å². The van der Waals surface area contributed by atoms with E-state index in [0.717, 1.165) is 0 Å². The molecule has 0 saturated heterocycles. The first-order valence-electron chi connectivity index (χ1n) is 7.00. The van der Waals surface area contributed by atoms with Gasteiger partial charge in [-0.25, -0.2) is 13.1 Å². The molecule has 2 N–H and O–H groups in total. The fraction of sp³-hybridized carbons (Fsp3) is 0.533. The zero-order chi connectivity index (χ0) is 16.3. The van der Waals surface area contributed by atoms with Crippen LogP contribution in [-0.4, -0.2) is 25.9 Å². The Morgan fingerprint density at radius 2 is 1.71 bits per heavy atom. The van der Waals surface area contributed by atoms with Crippen LogP contribution in [0.4, 0.5) is 0 Å². The van der Waals surface area contributed by atoms with E-state index in [0.29, 0.717) is 12.0 Å². The first-order valence-corrected chi connectivity index (χ1v) is 8.48. The van der Waals surface area contributed by atoms with Crippen LogP contribution in [0.3, 0.4) is 0 Å². The number of nitrogens with one attached hydrogen (secondary N) is 2. The third-order valence-corrected chi connectivity index (χ3v) is 4.49. The van der Waals surface area contributed by atoms with Gasteiger partial charge in [0, 0.05) is 17.1 Å². The average Bonchev–Trinajstić information content (AvgIpc) is 2.36. The van der Waals surface area contributed by atoms with Crippen molar-refractivity contribution in [1.82, 2.24) is 10.0 Å². The van der Waals surface area contributed by atoms with Crippen LogP contribution in [0.15, 0.2) is 29.2 Å². The van der Waals surface area contributed by atoms with Crippen LogP contribution in [0, 0.1) is 0 Å². The Balaban J connectivity index is 2.90. The lowest BCUT2D eigenvalue weighted by atomic mass is 10.1. The SMILES string of the molecule is CCC(C)NS(=O)(=O)c1ccc(C(=O)NC(C)(C)C)cc1. The van der Waals surface area contributed by atoms with Crippen molar-refractivity contribution < 1.29 is 13.2 Å². The van der Waals surface area contributed by atoms with Crippen molar-refractivity contribution >= 4 is 15.9 Å². The maximum atomic E-state index is 12.1. The van der Waals surface area contributed by atoms with Gasteiger partial charge in [0.25, 0.3) is 5.91 Å². The zero-order valence-corrected chi connectivity index (χ0v) is 14.0. The largest absolute Gasteiger partial charge is 0.347 e. The van der Waals surface area contributed by atoms with E-state index >= 15 is 0 Å². The highest BCUT2D eigenvalue weighted by atomic mass is 32.2. The van der Waals surface area contributed by atoms with Gasteiger partial charge < -0.3 is 5.32 Å². The van der Waals surface area contributed by atoms with Crippen LogP contribution in [0.1, 0.15) is 51.4 Å². The van der Waals surface area contributed by atoms with Crippen molar-refractivity contribution in [2.75, 3.05) is 0 Å². The Hall–Kier alpha value is -1.40. The van der Waals surface area contributed by atoms with Crippen molar-refractivity contribution in [2.24, 2.45) is 0 Å². The van der Waals surface area contributed by atoms with Crippen LogP contribution < -0.4 is 10.0 Å². The van der Waals surface area contributed by atoms with Gasteiger partial charge in [-0.1, -0.05) is 6.92 Å². The van der Waals surface area contributed by atoms with E-state index in [1.54, 1.807) is 0 Å². The predicted molar refractivity (Wildman–Crippen MR) is 83.7 cm³/mol. The lowest BCUT2D eigenvalue weighted by Gasteiger charge is -2.20. The topological polar surface area (TPSA) is 75.3 Å². The van der Waals surface area contributed by atoms with Gasteiger partial charge in [-0.05, 0) is 58.4 Å². The van der Waals surface area contributed by atoms with Crippen LogP contribution in [0.25, 0.3) is 0 Å². The standard InChI is InChI=1S/C15H24N2O3S/c1-6-11(2)17-21(19,20)13-9-7-12(8-10-13)14(18)16-15(3,4)5/h7-11,17H,6H2,1-5H3,(H,16,18). The molecule has 0 aliphatic carbocycles. The third kappa shape index (κ3) is 5.47. The average molecular weight is 312 g/mol. The number of amides is 1. The molecule has 1 atom stereocenters. The highest BCUT2D eigenvalue weighted by molar-refractivity contribution is 7.89. The van der Waals surface area contributed by atoms with Crippen molar-refractivity contribution in [3.8, 4) is 0 Å². The van der Waals surface area contributed by atoms with E-state index in [4.69, 9.17) is 0 Å². The molecule has 0 aliphatic rings. The van der Waals surface area contributed by atoms with Crippen molar-refractivity contribution in [1.29, 1.82) is 0 Å². The summed E-state index contributed by atoms with van der Waals surface area (Å²) in [4.78, 5) is 12.1. The summed E-state index contributed by atoms with van der Waals surface area (Å²) >= 11 is 0. The van der Waals surface area contributed by atoms with E-state index in [2.05, 4.69) is 10.0 Å². The highest BCUT2D eigenvalue weighted by Gasteiger charge is 2.18. The van der Waals surface area contributed by atoms with Gasteiger partial charge >= 0.3 is 0 Å². The summed E-state index contributed by atoms with van der Waals surface area (Å²) in [6.07, 6.45) is 0.714. The Bertz CT molecular complexity index is 586. The molecule has 0 fully saturated rings. The lowest BCUT2D eigenvalue weighted by molar-refractivity contribution is 0.0919. The number of carbonyl (C=O) groups excluding carboxylic acids is 1. The lowest BCUT2D eigenvalue weighted by Crippen LogP contribution is -2.40. The van der Waals surface area contributed by atoms with Crippen molar-refractivity contribution in [2.45, 2.75) is 57.5 Å². The molecule has 1 unspecified atom stereocenters. The number of carbonyl (C=O) groups is 1. The molecule has 6 heteroatoms. The first kappa shape index (κ1) is 17.7. The van der Waals surface area contributed by atoms with Crippen LogP contribution in [0.2, 0.25) is 0 Å². The Kier molecular flexibility index (Phi) is 5.53. The van der Waals surface area contributed by atoms with Gasteiger partial charge in [0.15, 0.2) is 0 Å². The minimum Gasteiger partial charge on any atom is -0.347 e. The van der Waals surface area contributed by atoms with Gasteiger partial charge in [-0.15, -0.1) is 0 Å². The predicted octanol–water partition coefficient (Wildman–Crippen LogP) is 2.29. The van der Waals surface area contributed by atoms with Gasteiger partial charge in [-0.2, -0.15) is 0 Å². The molecule has 1 aromatic rings. The molecule has 1 aromatic carbocycles. The minimum atomic E-state index is -3.53. The second kappa shape index (κ2) is 6.58. The smallest absolute Gasteiger partial charge is 0.251 e. The molecule has 0 aromatic heterocycles. The molecule has 0 aliphatic heterocycles. The quantitative estimate of drug-likeness (QED) is 0.876. The summed E-state index contributed by atoms with van der Waals surface area (Å²) in [7, 11) is -3.53. The van der Waals surface area contributed by atoms with Gasteiger partial charge in [-0.3, -0.25) is 4.79 Å². The van der Waals surface area contributed by atoms with Gasteiger partial charge in [0.1, 0.15) is 0 Å². The summed E-state index contributed by atoms with van der Waals surface area (Å²) < 4.78 is 26.8. The third-order valence-electron chi connectivity index (χ3n) is 2.88. The molecule has 1 rings (SSSR count). The van der Waals surface area contributed by atoms with E-state index < -0.39 is 10.0 Å². The number of hydrogen-bond donors (Lipinski definition) is 2. The molecule has 118 valence electrons. The van der Waals surface area contributed by atoms with E-state index in [-0.39, 0.29) is 22.4 Å². The molecule has 0 radical (unpaired) electrons. The number of benzene rings is 1. The monoisotopic (exact) mass is 312 g/mol. The molecule has 21 heavy (non-hydrogen) atoms. The Morgan fingerprint density at radius 3 is 2.14 bits per heavy atom. The Labute approximate surface area is 127 Å². The zero-order valence-electron chi connectivity index (χ0n) is 13.2. The second-order valence-electron chi connectivity index (χ2n) is 6.16. The Morgan fingerprint density at radius 1 is 1.19 bits per heavy atom. The molecule has 0 bridgehead atoms. The van der Waals surface area contributed by atoms with Crippen molar-refractivity contribution in [3.05, 3.63) is 29.8 Å². The van der Waals surface area contributed by atoms with E-state index in [1.165, 1.54) is 24.3 Å². The molecule has 5 nitrogen and oxygen atoms in total. The normalized spacial score (nSPS) is 13.8. The van der Waals surface area contributed by atoms with E-state index in [1.807, 2.05) is 34.6 Å². The molecule has 0 heterocycles. The number of rotatable bonds is 5. The summed E-state index contributed by atoms with van der Waals surface area (Å²) in [5, 5.41) is 2.83. The van der Waals surface area contributed by atoms with Crippen LogP contribution in [0.5, 0.6) is 0 Å². The van der Waals surface area contributed by atoms with Crippen molar-refractivity contribution in [3.63, 3.8) is 0 Å². The van der Waals surface area contributed by atoms with E-state index in [9.17, 15) is 13.2 Å². The number of sulfonamides is 1. The summed E-state index contributed by atoms with van der Waals surface area (Å²) in [5.41, 5.74) is 0.104. The van der Waals surface area contributed by atoms with Gasteiger partial charge in [0.2, 0.25) is 10.0 Å². The summed E-state index contributed by atoms with van der Waals surface area (Å²) in [6, 6.07) is 5.81. The molecule has 0 saturated carbocycles. The maximum absolute atomic E-state index is 12.1. The second-order valence-corrected chi connectivity index (χ2v) is 7.87. The van der Waals surface area contributed by atoms with Crippen LogP contribution >= 0.6 is 0 Å². The molecule has 0 spiro atoms. The fourth-order valence-corrected chi connectivity index (χ4v) is 2.94. The minimum absolute atomic E-state index is 0.126. The maximum Gasteiger partial charge on any atom is 0.251 e. The van der Waals surface area contributed by atoms with Crippen LogP contribution in [-0.2, 0) is 10.0 Å². The first-order chi connectivity index (χ1) is 9.55. The number of hydrogen-bond acceptors (Lipinski definition) is 3. The molecule has 1 amide bonds.